The molecular weight excluding hydrogens is 236 g/mol. The van der Waals surface area contributed by atoms with Crippen molar-refractivity contribution >= 4 is 5.91 Å². The van der Waals surface area contributed by atoms with Crippen LogP contribution in [0.2, 0.25) is 0 Å². The fourth-order valence-corrected chi connectivity index (χ4v) is 2.36. The summed E-state index contributed by atoms with van der Waals surface area (Å²) in [7, 11) is 0. The van der Waals surface area contributed by atoms with E-state index in [1.165, 1.54) is 5.56 Å². The highest BCUT2D eigenvalue weighted by molar-refractivity contribution is 5.82. The molecule has 1 heterocycles. The van der Waals surface area contributed by atoms with Gasteiger partial charge in [0, 0.05) is 12.4 Å². The third-order valence-electron chi connectivity index (χ3n) is 3.28. The van der Waals surface area contributed by atoms with Crippen LogP contribution in [0.1, 0.15) is 29.9 Å². The zero-order valence-electron chi connectivity index (χ0n) is 10.8. The lowest BCUT2D eigenvalue weighted by atomic mass is 9.82. The topological polar surface area (TPSA) is 56.0 Å². The van der Waals surface area contributed by atoms with Crippen molar-refractivity contribution in [2.75, 3.05) is 0 Å². The van der Waals surface area contributed by atoms with Gasteiger partial charge in [-0.15, -0.1) is 0 Å². The molecule has 3 rings (SSSR count). The summed E-state index contributed by atoms with van der Waals surface area (Å²) in [5, 5.41) is 0. The van der Waals surface area contributed by atoms with E-state index >= 15 is 0 Å². The number of carbonyl (C=O) groups excluding carboxylic acids is 1. The maximum Gasteiger partial charge on any atom is 0.224 e. The largest absolute Gasteiger partial charge is 0.369 e. The highest BCUT2D eigenvalue weighted by atomic mass is 16.1. The molecule has 19 heavy (non-hydrogen) atoms. The molecule has 1 amide bonds. The van der Waals surface area contributed by atoms with E-state index in [9.17, 15) is 4.79 Å². The average Bonchev–Trinajstić information content (AvgIpc) is 2.49. The molecule has 0 saturated heterocycles. The Morgan fingerprint density at radius 1 is 1.11 bits per heavy atom. The summed E-state index contributed by atoms with van der Waals surface area (Å²) >= 11 is 0. The number of fused-ring (bicyclic) bond motifs is 1. The number of nitrogens with zero attached hydrogens (tertiary/aromatic N) is 1. The number of nitrogens with two attached hydrogens (primary N) is 1. The van der Waals surface area contributed by atoms with Crippen molar-refractivity contribution in [2.45, 2.75) is 25.2 Å². The number of carbonyl (C=O) groups is 1. The smallest absolute Gasteiger partial charge is 0.224 e. The number of pyridine rings is 1. The van der Waals surface area contributed by atoms with Gasteiger partial charge in [0.05, 0.1) is 5.92 Å². The molecule has 1 aromatic heterocycles. The van der Waals surface area contributed by atoms with Crippen molar-refractivity contribution in [3.63, 3.8) is 0 Å². The molecule has 3 nitrogen and oxygen atoms in total. The van der Waals surface area contributed by atoms with E-state index in [2.05, 4.69) is 11.1 Å². The second kappa shape index (κ2) is 6.69. The van der Waals surface area contributed by atoms with E-state index in [1.807, 2.05) is 36.4 Å². The second-order valence-electron chi connectivity index (χ2n) is 4.57. The summed E-state index contributed by atoms with van der Waals surface area (Å²) < 4.78 is 0. The predicted molar refractivity (Wildman–Crippen MR) is 75.6 cm³/mol. The lowest BCUT2D eigenvalue weighted by Crippen LogP contribution is -2.24. The van der Waals surface area contributed by atoms with E-state index in [0.29, 0.717) is 0 Å². The van der Waals surface area contributed by atoms with E-state index in [4.69, 9.17) is 5.73 Å². The number of hydrogen-bond acceptors (Lipinski definition) is 2. The molecule has 0 aliphatic heterocycles. The first kappa shape index (κ1) is 13.3. The second-order valence-corrected chi connectivity index (χ2v) is 4.57. The number of amides is 1. The van der Waals surface area contributed by atoms with Gasteiger partial charge in [0.15, 0.2) is 0 Å². The maximum atomic E-state index is 11.1. The van der Waals surface area contributed by atoms with Crippen LogP contribution in [0.15, 0.2) is 54.9 Å². The van der Waals surface area contributed by atoms with E-state index in [-0.39, 0.29) is 11.8 Å². The molecule has 1 aliphatic rings. The molecule has 1 aliphatic carbocycles. The number of benzene rings is 1. The minimum Gasteiger partial charge on any atom is -0.369 e. The summed E-state index contributed by atoms with van der Waals surface area (Å²) in [6, 6.07) is 13.8. The van der Waals surface area contributed by atoms with Crippen LogP contribution in [0.25, 0.3) is 0 Å². The fourth-order valence-electron chi connectivity index (χ4n) is 2.36. The Balaban J connectivity index is 0.000000186. The van der Waals surface area contributed by atoms with Crippen molar-refractivity contribution in [3.05, 3.63) is 66.0 Å². The van der Waals surface area contributed by atoms with Crippen molar-refractivity contribution in [2.24, 2.45) is 5.73 Å². The van der Waals surface area contributed by atoms with E-state index in [1.54, 1.807) is 12.4 Å². The average molecular weight is 254 g/mol. The molecule has 98 valence electrons. The van der Waals surface area contributed by atoms with Crippen molar-refractivity contribution in [1.29, 1.82) is 0 Å². The third-order valence-corrected chi connectivity index (χ3v) is 3.28. The summed E-state index contributed by atoms with van der Waals surface area (Å²) in [5.41, 5.74) is 7.77. The molecule has 3 heteroatoms. The zero-order chi connectivity index (χ0) is 13.5. The van der Waals surface area contributed by atoms with Crippen LogP contribution in [-0.2, 0) is 11.2 Å². The van der Waals surface area contributed by atoms with E-state index in [0.717, 1.165) is 24.8 Å². The molecule has 0 bridgehead atoms. The van der Waals surface area contributed by atoms with Crippen LogP contribution in [0.3, 0.4) is 0 Å². The van der Waals surface area contributed by atoms with Gasteiger partial charge in [-0.3, -0.25) is 9.78 Å². The molecule has 1 atom stereocenters. The van der Waals surface area contributed by atoms with Gasteiger partial charge in [0.25, 0.3) is 0 Å². The summed E-state index contributed by atoms with van der Waals surface area (Å²) in [4.78, 5) is 14.9. The Kier molecular flexibility index (Phi) is 4.67. The SMILES string of the molecule is NC(=O)C1CCCc2ccccc21.c1ccncc1. The lowest BCUT2D eigenvalue weighted by molar-refractivity contribution is -0.119. The maximum absolute atomic E-state index is 11.1. The number of aromatic nitrogens is 1. The Morgan fingerprint density at radius 3 is 2.42 bits per heavy atom. The van der Waals surface area contributed by atoms with Gasteiger partial charge >= 0.3 is 0 Å². The summed E-state index contributed by atoms with van der Waals surface area (Å²) in [6.45, 7) is 0. The highest BCUT2D eigenvalue weighted by Gasteiger charge is 2.23. The van der Waals surface area contributed by atoms with Crippen LogP contribution in [0, 0.1) is 0 Å². The molecule has 1 unspecified atom stereocenters. The normalized spacial score (nSPS) is 16.7. The molecule has 0 fully saturated rings. The van der Waals surface area contributed by atoms with Gasteiger partial charge in [-0.1, -0.05) is 30.3 Å². The van der Waals surface area contributed by atoms with Crippen LogP contribution in [0.4, 0.5) is 0 Å². The minimum absolute atomic E-state index is 0.0510. The number of rotatable bonds is 1. The summed E-state index contributed by atoms with van der Waals surface area (Å²) in [5.74, 6) is -0.239. The van der Waals surface area contributed by atoms with Crippen LogP contribution in [0.5, 0.6) is 0 Å². The summed E-state index contributed by atoms with van der Waals surface area (Å²) in [6.07, 6.45) is 6.57. The van der Waals surface area contributed by atoms with Crippen LogP contribution in [-0.4, -0.2) is 10.9 Å². The standard InChI is InChI=1S/C11H13NO.C5H5N/c12-11(13)10-7-3-5-8-4-1-2-6-9(8)10;1-2-4-6-5-3-1/h1-2,4,6,10H,3,5,7H2,(H2,12,13);1-5H. The van der Waals surface area contributed by atoms with Gasteiger partial charge in [0.1, 0.15) is 0 Å². The Hall–Kier alpha value is -2.16. The Bertz CT molecular complexity index is 499. The quantitative estimate of drug-likeness (QED) is 0.850. The Labute approximate surface area is 113 Å². The van der Waals surface area contributed by atoms with Crippen LogP contribution >= 0.6 is 0 Å². The monoisotopic (exact) mass is 254 g/mol. The van der Waals surface area contributed by atoms with Crippen molar-refractivity contribution in [1.82, 2.24) is 4.98 Å². The minimum atomic E-state index is -0.188. The first-order chi connectivity index (χ1) is 9.29. The van der Waals surface area contributed by atoms with E-state index < -0.39 is 0 Å². The first-order valence-corrected chi connectivity index (χ1v) is 6.51. The first-order valence-electron chi connectivity index (χ1n) is 6.51. The number of hydrogen-bond donors (Lipinski definition) is 1. The van der Waals surface area contributed by atoms with Crippen LogP contribution < -0.4 is 5.73 Å². The molecule has 2 aromatic rings. The fraction of sp³-hybridized carbons (Fsp3) is 0.250. The zero-order valence-corrected chi connectivity index (χ0v) is 10.8. The Morgan fingerprint density at radius 2 is 1.84 bits per heavy atom. The van der Waals surface area contributed by atoms with Crippen molar-refractivity contribution < 1.29 is 4.79 Å². The number of aryl methyl sites for hydroxylation is 1. The van der Waals surface area contributed by atoms with Gasteiger partial charge in [0.2, 0.25) is 5.91 Å². The molecule has 2 N–H and O–H groups in total. The predicted octanol–water partition coefficient (Wildman–Crippen LogP) is 2.67. The van der Waals surface area contributed by atoms with Gasteiger partial charge in [-0.2, -0.15) is 0 Å². The van der Waals surface area contributed by atoms with Gasteiger partial charge in [-0.25, -0.2) is 0 Å². The molecule has 0 saturated carbocycles. The lowest BCUT2D eigenvalue weighted by Gasteiger charge is -2.22. The third kappa shape index (κ3) is 3.65. The van der Waals surface area contributed by atoms with Gasteiger partial charge < -0.3 is 5.73 Å². The van der Waals surface area contributed by atoms with Crippen molar-refractivity contribution in [3.8, 4) is 0 Å². The molecular formula is C16H18N2O. The molecule has 0 radical (unpaired) electrons. The molecule has 1 aromatic carbocycles. The highest BCUT2D eigenvalue weighted by Crippen LogP contribution is 2.30. The molecule has 0 spiro atoms. The van der Waals surface area contributed by atoms with Gasteiger partial charge in [-0.05, 0) is 42.5 Å². The number of primary amides is 1.